The summed E-state index contributed by atoms with van der Waals surface area (Å²) in [6.45, 7) is 1.88. The average Bonchev–Trinajstić information content (AvgIpc) is 2.85. The zero-order valence-corrected chi connectivity index (χ0v) is 10.5. The van der Waals surface area contributed by atoms with Crippen LogP contribution in [-0.4, -0.2) is 21.6 Å². The van der Waals surface area contributed by atoms with Crippen LogP contribution in [0.5, 0.6) is 0 Å². The number of pyridine rings is 1. The van der Waals surface area contributed by atoms with Crippen LogP contribution in [0.4, 0.5) is 19.0 Å². The summed E-state index contributed by atoms with van der Waals surface area (Å²) in [5.74, 6) is 1.03. The van der Waals surface area contributed by atoms with Crippen molar-refractivity contribution in [2.24, 2.45) is 0 Å². The molecule has 0 fully saturated rings. The minimum absolute atomic E-state index is 0.167. The molecule has 0 amide bonds. The Hall–Kier alpha value is -2.05. The third-order valence-electron chi connectivity index (χ3n) is 2.68. The monoisotopic (exact) mass is 270 g/mol. The van der Waals surface area contributed by atoms with E-state index in [0.29, 0.717) is 12.2 Å². The number of aryl methyl sites for hydroxylation is 1. The van der Waals surface area contributed by atoms with Gasteiger partial charge in [-0.3, -0.25) is 4.57 Å². The first kappa shape index (κ1) is 13.4. The normalized spacial score (nSPS) is 11.6. The summed E-state index contributed by atoms with van der Waals surface area (Å²) in [7, 11) is 1.53. The SMILES string of the molecule is CCc1nccn1-c1cc(C(F)(F)F)cc(NC)n1. The summed E-state index contributed by atoms with van der Waals surface area (Å²) in [5, 5.41) is 2.63. The Labute approximate surface area is 108 Å². The van der Waals surface area contributed by atoms with Crippen LogP contribution in [0.3, 0.4) is 0 Å². The van der Waals surface area contributed by atoms with E-state index in [1.807, 2.05) is 6.92 Å². The van der Waals surface area contributed by atoms with E-state index in [1.165, 1.54) is 7.05 Å². The Morgan fingerprint density at radius 1 is 1.32 bits per heavy atom. The van der Waals surface area contributed by atoms with E-state index >= 15 is 0 Å². The number of imidazole rings is 1. The molecule has 0 atom stereocenters. The van der Waals surface area contributed by atoms with E-state index in [4.69, 9.17) is 0 Å². The van der Waals surface area contributed by atoms with Crippen molar-refractivity contribution < 1.29 is 13.2 Å². The molecule has 2 heterocycles. The van der Waals surface area contributed by atoms with Gasteiger partial charge in [0.2, 0.25) is 0 Å². The molecule has 0 saturated heterocycles. The van der Waals surface area contributed by atoms with Gasteiger partial charge in [0.1, 0.15) is 17.5 Å². The van der Waals surface area contributed by atoms with E-state index < -0.39 is 11.7 Å². The number of nitrogens with one attached hydrogen (secondary N) is 1. The first-order valence-corrected chi connectivity index (χ1v) is 5.75. The summed E-state index contributed by atoms with van der Waals surface area (Å²) < 4.78 is 40.0. The lowest BCUT2D eigenvalue weighted by molar-refractivity contribution is -0.137. The Kier molecular flexibility index (Phi) is 3.46. The molecule has 0 aromatic carbocycles. The molecule has 19 heavy (non-hydrogen) atoms. The zero-order chi connectivity index (χ0) is 14.0. The maximum absolute atomic E-state index is 12.8. The van der Waals surface area contributed by atoms with Crippen LogP contribution in [0, 0.1) is 0 Å². The molecule has 2 rings (SSSR count). The van der Waals surface area contributed by atoms with Crippen molar-refractivity contribution >= 4 is 5.82 Å². The second-order valence-corrected chi connectivity index (χ2v) is 3.91. The molecule has 0 spiro atoms. The Morgan fingerprint density at radius 3 is 2.63 bits per heavy atom. The number of hydrogen-bond donors (Lipinski definition) is 1. The highest BCUT2D eigenvalue weighted by Gasteiger charge is 2.31. The van der Waals surface area contributed by atoms with Crippen LogP contribution in [0.25, 0.3) is 5.82 Å². The molecular weight excluding hydrogens is 257 g/mol. The van der Waals surface area contributed by atoms with E-state index in [2.05, 4.69) is 15.3 Å². The van der Waals surface area contributed by atoms with Crippen LogP contribution in [0.2, 0.25) is 0 Å². The summed E-state index contributed by atoms with van der Waals surface area (Å²) in [5.41, 5.74) is -0.738. The van der Waals surface area contributed by atoms with Crippen LogP contribution in [0.15, 0.2) is 24.5 Å². The molecular formula is C12H13F3N4. The van der Waals surface area contributed by atoms with Gasteiger partial charge in [-0.15, -0.1) is 0 Å². The molecule has 0 aliphatic carbocycles. The highest BCUT2D eigenvalue weighted by atomic mass is 19.4. The van der Waals surface area contributed by atoms with Crippen molar-refractivity contribution in [3.05, 3.63) is 35.9 Å². The quantitative estimate of drug-likeness (QED) is 0.932. The molecule has 1 N–H and O–H groups in total. The van der Waals surface area contributed by atoms with Gasteiger partial charge in [-0.1, -0.05) is 6.92 Å². The fourth-order valence-corrected chi connectivity index (χ4v) is 1.74. The number of hydrogen-bond acceptors (Lipinski definition) is 3. The van der Waals surface area contributed by atoms with Gasteiger partial charge in [0.25, 0.3) is 0 Å². The van der Waals surface area contributed by atoms with E-state index in [9.17, 15) is 13.2 Å². The Balaban J connectivity index is 2.57. The van der Waals surface area contributed by atoms with E-state index in [-0.39, 0.29) is 11.6 Å². The maximum atomic E-state index is 12.8. The lowest BCUT2D eigenvalue weighted by Crippen LogP contribution is -2.10. The second-order valence-electron chi connectivity index (χ2n) is 3.91. The molecule has 0 aliphatic rings. The molecule has 4 nitrogen and oxygen atoms in total. The van der Waals surface area contributed by atoms with Crippen molar-refractivity contribution in [1.82, 2.24) is 14.5 Å². The largest absolute Gasteiger partial charge is 0.416 e. The zero-order valence-electron chi connectivity index (χ0n) is 10.5. The minimum atomic E-state index is -4.41. The molecule has 0 bridgehead atoms. The van der Waals surface area contributed by atoms with Gasteiger partial charge in [0.15, 0.2) is 0 Å². The second kappa shape index (κ2) is 4.91. The minimum Gasteiger partial charge on any atom is -0.373 e. The topological polar surface area (TPSA) is 42.7 Å². The van der Waals surface area contributed by atoms with Crippen molar-refractivity contribution in [1.29, 1.82) is 0 Å². The van der Waals surface area contributed by atoms with Gasteiger partial charge in [-0.25, -0.2) is 9.97 Å². The first-order chi connectivity index (χ1) is 8.95. The summed E-state index contributed by atoms with van der Waals surface area (Å²) in [6.07, 6.45) is -0.656. The molecule has 0 radical (unpaired) electrons. The van der Waals surface area contributed by atoms with Crippen molar-refractivity contribution in [3.8, 4) is 5.82 Å². The fourth-order valence-electron chi connectivity index (χ4n) is 1.74. The summed E-state index contributed by atoms with van der Waals surface area (Å²) >= 11 is 0. The Bertz CT molecular complexity index is 575. The van der Waals surface area contributed by atoms with Gasteiger partial charge < -0.3 is 5.32 Å². The molecule has 102 valence electrons. The number of rotatable bonds is 3. The molecule has 7 heteroatoms. The highest BCUT2D eigenvalue weighted by molar-refractivity contribution is 5.45. The molecule has 2 aromatic heterocycles. The smallest absolute Gasteiger partial charge is 0.373 e. The average molecular weight is 270 g/mol. The molecule has 0 aliphatic heterocycles. The standard InChI is InChI=1S/C12H13F3N4/c1-3-10-17-4-5-19(10)11-7-8(12(13,14)15)6-9(16-2)18-11/h4-7H,3H2,1-2H3,(H,16,18). The van der Waals surface area contributed by atoms with Crippen molar-refractivity contribution in [3.63, 3.8) is 0 Å². The lowest BCUT2D eigenvalue weighted by Gasteiger charge is -2.12. The third kappa shape index (κ3) is 2.69. The number of anilines is 1. The predicted molar refractivity (Wildman–Crippen MR) is 65.3 cm³/mol. The lowest BCUT2D eigenvalue weighted by atomic mass is 10.2. The number of halogens is 3. The van der Waals surface area contributed by atoms with Crippen LogP contribution < -0.4 is 5.32 Å². The molecule has 0 saturated carbocycles. The highest BCUT2D eigenvalue weighted by Crippen LogP contribution is 2.31. The molecule has 2 aromatic rings. The van der Waals surface area contributed by atoms with E-state index in [0.717, 1.165) is 12.1 Å². The number of nitrogens with zero attached hydrogens (tertiary/aromatic N) is 3. The van der Waals surface area contributed by atoms with Gasteiger partial charge in [-0.05, 0) is 12.1 Å². The van der Waals surface area contributed by atoms with Crippen LogP contribution in [0.1, 0.15) is 18.3 Å². The summed E-state index contributed by atoms with van der Waals surface area (Å²) in [6, 6.07) is 1.99. The van der Waals surface area contributed by atoms with Gasteiger partial charge >= 0.3 is 6.18 Å². The predicted octanol–water partition coefficient (Wildman–Crippen LogP) is 2.89. The van der Waals surface area contributed by atoms with Gasteiger partial charge in [0, 0.05) is 25.9 Å². The van der Waals surface area contributed by atoms with Gasteiger partial charge in [0.05, 0.1) is 5.56 Å². The molecule has 0 unspecified atom stereocenters. The number of aromatic nitrogens is 3. The van der Waals surface area contributed by atoms with Crippen molar-refractivity contribution in [2.75, 3.05) is 12.4 Å². The number of alkyl halides is 3. The third-order valence-corrected chi connectivity index (χ3v) is 2.68. The van der Waals surface area contributed by atoms with Crippen molar-refractivity contribution in [2.45, 2.75) is 19.5 Å². The Morgan fingerprint density at radius 2 is 2.05 bits per heavy atom. The summed E-state index contributed by atoms with van der Waals surface area (Å²) in [4.78, 5) is 8.21. The maximum Gasteiger partial charge on any atom is 0.416 e. The van der Waals surface area contributed by atoms with Crippen LogP contribution >= 0.6 is 0 Å². The van der Waals surface area contributed by atoms with E-state index in [1.54, 1.807) is 17.0 Å². The fraction of sp³-hybridized carbons (Fsp3) is 0.333. The van der Waals surface area contributed by atoms with Crippen LogP contribution in [-0.2, 0) is 12.6 Å². The first-order valence-electron chi connectivity index (χ1n) is 5.75. The van der Waals surface area contributed by atoms with Gasteiger partial charge in [-0.2, -0.15) is 13.2 Å².